The minimum absolute atomic E-state index is 0.280. The largest absolute Gasteiger partial charge is 0.456 e. The number of amides is 1. The van der Waals surface area contributed by atoms with Gasteiger partial charge in [0.25, 0.3) is 5.91 Å². The number of nitrogens with one attached hydrogen (secondary N) is 1. The maximum Gasteiger partial charge on any atom is 0.325 e. The number of hydrogen-bond acceptors (Lipinski definition) is 6. The first kappa shape index (κ1) is 19.8. The third-order valence-electron chi connectivity index (χ3n) is 4.75. The van der Waals surface area contributed by atoms with E-state index in [1.807, 2.05) is 36.2 Å². The van der Waals surface area contributed by atoms with E-state index < -0.39 is 5.97 Å². The fraction of sp³-hybridized carbons (Fsp3) is 0.286. The molecule has 2 heterocycles. The Morgan fingerprint density at radius 3 is 2.61 bits per heavy atom. The summed E-state index contributed by atoms with van der Waals surface area (Å²) in [7, 11) is 1.92. The summed E-state index contributed by atoms with van der Waals surface area (Å²) in [5, 5.41) is 4.25. The lowest BCUT2D eigenvalue weighted by molar-refractivity contribution is -0.145. The fourth-order valence-electron chi connectivity index (χ4n) is 3.30. The maximum atomic E-state index is 12.3. The number of fused-ring (bicyclic) bond motifs is 1. The lowest BCUT2D eigenvalue weighted by Crippen LogP contribution is -2.31. The number of nitrogens with zero attached hydrogens (tertiary/aromatic N) is 1. The number of esters is 1. The zero-order valence-electron chi connectivity index (χ0n) is 16.0. The van der Waals surface area contributed by atoms with Gasteiger partial charge in [-0.25, -0.2) is 0 Å². The molecule has 1 aromatic carbocycles. The molecule has 1 aromatic heterocycles. The van der Waals surface area contributed by atoms with Crippen LogP contribution in [-0.2, 0) is 19.7 Å². The normalized spacial score (nSPS) is 16.0. The van der Waals surface area contributed by atoms with Gasteiger partial charge < -0.3 is 15.0 Å². The first-order valence-corrected chi connectivity index (χ1v) is 9.74. The topological polar surface area (TPSA) is 75.7 Å². The van der Waals surface area contributed by atoms with Gasteiger partial charge in [-0.3, -0.25) is 14.4 Å². The summed E-state index contributed by atoms with van der Waals surface area (Å²) < 4.78 is 5.00. The second-order valence-corrected chi connectivity index (χ2v) is 7.97. The van der Waals surface area contributed by atoms with Crippen molar-refractivity contribution in [3.63, 3.8) is 0 Å². The van der Waals surface area contributed by atoms with Crippen LogP contribution in [0.3, 0.4) is 0 Å². The van der Waals surface area contributed by atoms with Crippen molar-refractivity contribution in [3.8, 4) is 0 Å². The molecule has 1 aliphatic heterocycles. The van der Waals surface area contributed by atoms with Gasteiger partial charge in [0.2, 0.25) is 0 Å². The molecule has 0 radical (unpaired) electrons. The van der Waals surface area contributed by atoms with Crippen LogP contribution in [0.25, 0.3) is 0 Å². The van der Waals surface area contributed by atoms with E-state index in [1.54, 1.807) is 17.5 Å². The molecule has 0 atom stereocenters. The molecule has 146 valence electrons. The molecule has 6 nitrogen and oxygen atoms in total. The monoisotopic (exact) mass is 398 g/mol. The van der Waals surface area contributed by atoms with Crippen molar-refractivity contribution >= 4 is 34.7 Å². The average molecular weight is 398 g/mol. The highest BCUT2D eigenvalue weighted by atomic mass is 32.1. The Balaban J connectivity index is 1.55. The third-order valence-corrected chi connectivity index (χ3v) is 5.62. The summed E-state index contributed by atoms with van der Waals surface area (Å²) in [5.74, 6) is -1.30. The number of benzene rings is 1. The van der Waals surface area contributed by atoms with E-state index in [1.165, 1.54) is 17.4 Å². The molecule has 0 bridgehead atoms. The number of para-hydroxylation sites is 1. The van der Waals surface area contributed by atoms with Gasteiger partial charge in [-0.1, -0.05) is 38.1 Å². The smallest absolute Gasteiger partial charge is 0.325 e. The SMILES string of the molecule is CN1C(=CC(=O)COC(=O)CNC(=O)c2cccs2)C(C)(C)c2ccccc21. The van der Waals surface area contributed by atoms with Gasteiger partial charge in [-0.05, 0) is 23.1 Å². The number of hydrogen-bond donors (Lipinski definition) is 1. The second-order valence-electron chi connectivity index (χ2n) is 7.02. The Labute approximate surface area is 167 Å². The molecule has 2 aromatic rings. The van der Waals surface area contributed by atoms with Crippen molar-refractivity contribution in [2.75, 3.05) is 25.1 Å². The van der Waals surface area contributed by atoms with E-state index in [4.69, 9.17) is 4.74 Å². The van der Waals surface area contributed by atoms with Crippen LogP contribution in [0, 0.1) is 0 Å². The molecule has 0 aliphatic carbocycles. The number of ketones is 1. The molecule has 1 amide bonds. The number of rotatable bonds is 6. The number of thiophene rings is 1. The van der Waals surface area contributed by atoms with Gasteiger partial charge in [0.1, 0.15) is 6.54 Å². The average Bonchev–Trinajstić information content (AvgIpc) is 3.28. The van der Waals surface area contributed by atoms with E-state index in [0.717, 1.165) is 16.9 Å². The van der Waals surface area contributed by atoms with Crippen LogP contribution < -0.4 is 10.2 Å². The highest BCUT2D eigenvalue weighted by Gasteiger charge is 2.38. The minimum atomic E-state index is -0.654. The molecular formula is C21H22N2O4S. The van der Waals surface area contributed by atoms with E-state index in [0.29, 0.717) is 4.88 Å². The zero-order valence-corrected chi connectivity index (χ0v) is 16.8. The van der Waals surface area contributed by atoms with E-state index >= 15 is 0 Å². The third kappa shape index (κ3) is 3.99. The summed E-state index contributed by atoms with van der Waals surface area (Å²) in [4.78, 5) is 38.5. The molecule has 0 unspecified atom stereocenters. The van der Waals surface area contributed by atoms with Crippen LogP contribution in [0.1, 0.15) is 29.1 Å². The first-order valence-electron chi connectivity index (χ1n) is 8.86. The Morgan fingerprint density at radius 2 is 1.93 bits per heavy atom. The Bertz CT molecular complexity index is 932. The fourth-order valence-corrected chi connectivity index (χ4v) is 3.94. The van der Waals surface area contributed by atoms with Crippen molar-refractivity contribution in [1.29, 1.82) is 0 Å². The molecule has 0 saturated heterocycles. The summed E-state index contributed by atoms with van der Waals surface area (Å²) in [6.45, 7) is 3.47. The molecule has 0 spiro atoms. The van der Waals surface area contributed by atoms with Crippen molar-refractivity contribution < 1.29 is 19.1 Å². The Kier molecular flexibility index (Phi) is 5.65. The maximum absolute atomic E-state index is 12.3. The van der Waals surface area contributed by atoms with Crippen LogP contribution in [0.5, 0.6) is 0 Å². The van der Waals surface area contributed by atoms with Gasteiger partial charge in [0.15, 0.2) is 12.4 Å². The summed E-state index contributed by atoms with van der Waals surface area (Å²) in [6, 6.07) is 11.4. The molecule has 3 rings (SSSR count). The van der Waals surface area contributed by atoms with Crippen LogP contribution in [0.2, 0.25) is 0 Å². The number of carbonyl (C=O) groups is 3. The number of likely N-dealkylation sites (N-methyl/N-ethyl adjacent to an activating group) is 1. The standard InChI is InChI=1S/C21H22N2O4S/c1-21(2)15-7-4-5-8-16(15)23(3)18(21)11-14(24)13-27-19(25)12-22-20(26)17-9-6-10-28-17/h4-11H,12-13H2,1-3H3,(H,22,26). The number of allylic oxidation sites excluding steroid dienone is 1. The predicted molar refractivity (Wildman–Crippen MR) is 109 cm³/mol. The lowest BCUT2D eigenvalue weighted by Gasteiger charge is -2.23. The molecule has 0 fully saturated rings. The summed E-state index contributed by atoms with van der Waals surface area (Å²) in [6.07, 6.45) is 1.53. The van der Waals surface area contributed by atoms with Crippen molar-refractivity contribution in [1.82, 2.24) is 5.32 Å². The molecule has 0 saturated carbocycles. The van der Waals surface area contributed by atoms with E-state index in [9.17, 15) is 14.4 Å². The van der Waals surface area contributed by atoms with E-state index in [2.05, 4.69) is 19.2 Å². The summed E-state index contributed by atoms with van der Waals surface area (Å²) >= 11 is 1.28. The van der Waals surface area contributed by atoms with Crippen LogP contribution in [0.15, 0.2) is 53.6 Å². The molecule has 7 heteroatoms. The zero-order chi connectivity index (χ0) is 20.3. The van der Waals surface area contributed by atoms with Crippen molar-refractivity contribution in [2.45, 2.75) is 19.3 Å². The molecule has 1 aliphatic rings. The number of anilines is 1. The van der Waals surface area contributed by atoms with Gasteiger partial charge in [-0.15, -0.1) is 11.3 Å². The van der Waals surface area contributed by atoms with Crippen LogP contribution in [0.4, 0.5) is 5.69 Å². The first-order chi connectivity index (χ1) is 13.3. The van der Waals surface area contributed by atoms with Gasteiger partial charge in [-0.2, -0.15) is 0 Å². The van der Waals surface area contributed by atoms with Crippen molar-refractivity contribution in [3.05, 3.63) is 64.0 Å². The van der Waals surface area contributed by atoms with Gasteiger partial charge in [0, 0.05) is 29.9 Å². The second kappa shape index (κ2) is 7.98. The molecular weight excluding hydrogens is 376 g/mol. The lowest BCUT2D eigenvalue weighted by atomic mass is 9.83. The van der Waals surface area contributed by atoms with Gasteiger partial charge >= 0.3 is 5.97 Å². The van der Waals surface area contributed by atoms with Gasteiger partial charge in [0.05, 0.1) is 4.88 Å². The predicted octanol–water partition coefficient (Wildman–Crippen LogP) is 2.90. The summed E-state index contributed by atoms with van der Waals surface area (Å²) in [5.41, 5.74) is 2.73. The van der Waals surface area contributed by atoms with E-state index in [-0.39, 0.29) is 30.3 Å². The van der Waals surface area contributed by atoms with Crippen molar-refractivity contribution in [2.24, 2.45) is 0 Å². The molecule has 28 heavy (non-hydrogen) atoms. The minimum Gasteiger partial charge on any atom is -0.456 e. The van der Waals surface area contributed by atoms with Crippen LogP contribution in [-0.4, -0.2) is 37.9 Å². The number of carbonyl (C=O) groups excluding carboxylic acids is 3. The van der Waals surface area contributed by atoms with Crippen LogP contribution >= 0.6 is 11.3 Å². The molecule has 1 N–H and O–H groups in total. The number of ether oxygens (including phenoxy) is 1. The highest BCUT2D eigenvalue weighted by Crippen LogP contribution is 2.46. The highest BCUT2D eigenvalue weighted by molar-refractivity contribution is 7.12. The Hall–Kier alpha value is -2.93. The Morgan fingerprint density at radius 1 is 1.18 bits per heavy atom. The quantitative estimate of drug-likeness (QED) is 0.598.